The van der Waals surface area contributed by atoms with E-state index in [1.54, 1.807) is 0 Å². The first-order chi connectivity index (χ1) is 6.33. The summed E-state index contributed by atoms with van der Waals surface area (Å²) in [6, 6.07) is 0. The third-order valence-electron chi connectivity index (χ3n) is 2.96. The van der Waals surface area contributed by atoms with Crippen molar-refractivity contribution < 1.29 is 0 Å². The molecule has 1 rings (SSSR count). The van der Waals surface area contributed by atoms with E-state index in [-0.39, 0.29) is 0 Å². The summed E-state index contributed by atoms with van der Waals surface area (Å²) in [4.78, 5) is 0. The van der Waals surface area contributed by atoms with Gasteiger partial charge in [-0.05, 0) is 38.1 Å². The van der Waals surface area contributed by atoms with Gasteiger partial charge in [0.05, 0.1) is 6.54 Å². The van der Waals surface area contributed by atoms with Crippen molar-refractivity contribution in [3.63, 3.8) is 0 Å². The maximum absolute atomic E-state index is 3.40. The molecule has 0 atom stereocenters. The highest BCUT2D eigenvalue weighted by Crippen LogP contribution is 2.27. The van der Waals surface area contributed by atoms with Crippen LogP contribution in [0, 0.1) is 23.7 Å². The molecule has 1 aliphatic carbocycles. The summed E-state index contributed by atoms with van der Waals surface area (Å²) in [7, 11) is 0. The largest absolute Gasteiger partial charge is 0.306 e. The minimum absolute atomic E-state index is 0.864. The van der Waals surface area contributed by atoms with Crippen molar-refractivity contribution in [2.24, 2.45) is 11.8 Å². The van der Waals surface area contributed by atoms with Gasteiger partial charge in [0.2, 0.25) is 0 Å². The van der Waals surface area contributed by atoms with Crippen LogP contribution in [-0.2, 0) is 0 Å². The van der Waals surface area contributed by atoms with E-state index in [1.165, 1.54) is 32.2 Å². The van der Waals surface area contributed by atoms with Crippen molar-refractivity contribution in [2.75, 3.05) is 13.1 Å². The highest BCUT2D eigenvalue weighted by atomic mass is 14.8. The molecular weight excluding hydrogens is 158 g/mol. The average Bonchev–Trinajstić information content (AvgIpc) is 2.15. The molecule has 1 fully saturated rings. The average molecular weight is 179 g/mol. The first-order valence-electron chi connectivity index (χ1n) is 5.43. The van der Waals surface area contributed by atoms with Gasteiger partial charge in [0.1, 0.15) is 0 Å². The van der Waals surface area contributed by atoms with Crippen molar-refractivity contribution in [1.29, 1.82) is 0 Å². The third kappa shape index (κ3) is 4.33. The van der Waals surface area contributed by atoms with Crippen LogP contribution in [0.3, 0.4) is 0 Å². The number of hydrogen-bond acceptors (Lipinski definition) is 1. The molecule has 0 aromatic heterocycles. The summed E-state index contributed by atoms with van der Waals surface area (Å²) < 4.78 is 0. The molecule has 0 amide bonds. The van der Waals surface area contributed by atoms with Crippen LogP contribution in [0.4, 0.5) is 0 Å². The predicted molar refractivity (Wildman–Crippen MR) is 57.4 cm³/mol. The Morgan fingerprint density at radius 3 is 2.54 bits per heavy atom. The fourth-order valence-corrected chi connectivity index (χ4v) is 1.96. The van der Waals surface area contributed by atoms with Gasteiger partial charge in [-0.15, -0.1) is 5.92 Å². The second-order valence-electron chi connectivity index (χ2n) is 4.18. The minimum Gasteiger partial charge on any atom is -0.306 e. The van der Waals surface area contributed by atoms with E-state index in [9.17, 15) is 0 Å². The van der Waals surface area contributed by atoms with Gasteiger partial charge in [0, 0.05) is 0 Å². The molecule has 1 nitrogen and oxygen atoms in total. The van der Waals surface area contributed by atoms with Crippen LogP contribution in [-0.4, -0.2) is 13.1 Å². The van der Waals surface area contributed by atoms with Crippen LogP contribution < -0.4 is 5.32 Å². The lowest BCUT2D eigenvalue weighted by molar-refractivity contribution is 0.284. The molecule has 0 aromatic carbocycles. The molecule has 0 heterocycles. The summed E-state index contributed by atoms with van der Waals surface area (Å²) in [5, 5.41) is 3.40. The van der Waals surface area contributed by atoms with Gasteiger partial charge in [-0.25, -0.2) is 0 Å². The van der Waals surface area contributed by atoms with Crippen molar-refractivity contribution >= 4 is 0 Å². The highest BCUT2D eigenvalue weighted by molar-refractivity contribution is 4.97. The van der Waals surface area contributed by atoms with E-state index in [0.29, 0.717) is 0 Å². The maximum atomic E-state index is 3.40. The van der Waals surface area contributed by atoms with E-state index < -0.39 is 0 Å². The predicted octanol–water partition coefficient (Wildman–Crippen LogP) is 2.43. The van der Waals surface area contributed by atoms with Crippen molar-refractivity contribution in [2.45, 2.75) is 39.5 Å². The van der Waals surface area contributed by atoms with E-state index in [2.05, 4.69) is 24.1 Å². The first kappa shape index (κ1) is 10.6. The molecule has 13 heavy (non-hydrogen) atoms. The molecule has 0 aromatic rings. The van der Waals surface area contributed by atoms with Crippen LogP contribution in [0.15, 0.2) is 0 Å². The lowest BCUT2D eigenvalue weighted by Crippen LogP contribution is -2.26. The topological polar surface area (TPSA) is 12.0 Å². The van der Waals surface area contributed by atoms with Crippen LogP contribution in [0.25, 0.3) is 0 Å². The zero-order valence-corrected chi connectivity index (χ0v) is 8.90. The zero-order chi connectivity index (χ0) is 9.52. The van der Waals surface area contributed by atoms with Crippen molar-refractivity contribution in [1.82, 2.24) is 5.32 Å². The lowest BCUT2D eigenvalue weighted by atomic mass is 9.83. The Bertz CT molecular complexity index is 179. The van der Waals surface area contributed by atoms with Gasteiger partial charge in [-0.1, -0.05) is 25.7 Å². The monoisotopic (exact) mass is 179 g/mol. The van der Waals surface area contributed by atoms with E-state index >= 15 is 0 Å². The number of hydrogen-bond donors (Lipinski definition) is 1. The SMILES string of the molecule is CC#CCNCC1CCC(C)CC1. The normalized spacial score (nSPS) is 27.8. The van der Waals surface area contributed by atoms with Crippen molar-refractivity contribution in [3.8, 4) is 11.8 Å². The molecular formula is C12H21N. The molecule has 1 N–H and O–H groups in total. The van der Waals surface area contributed by atoms with Gasteiger partial charge in [0.25, 0.3) is 0 Å². The Balaban J connectivity index is 2.04. The fraction of sp³-hybridized carbons (Fsp3) is 0.833. The molecule has 0 spiro atoms. The van der Waals surface area contributed by atoms with Crippen LogP contribution in [0.5, 0.6) is 0 Å². The molecule has 0 saturated heterocycles. The van der Waals surface area contributed by atoms with Crippen LogP contribution in [0.2, 0.25) is 0 Å². The molecule has 1 saturated carbocycles. The Morgan fingerprint density at radius 2 is 1.92 bits per heavy atom. The van der Waals surface area contributed by atoms with Crippen LogP contribution >= 0.6 is 0 Å². The Morgan fingerprint density at radius 1 is 1.23 bits per heavy atom. The molecule has 74 valence electrons. The quantitative estimate of drug-likeness (QED) is 0.518. The summed E-state index contributed by atoms with van der Waals surface area (Å²) in [5.74, 6) is 7.81. The van der Waals surface area contributed by atoms with E-state index in [1.807, 2.05) is 6.92 Å². The van der Waals surface area contributed by atoms with Gasteiger partial charge >= 0.3 is 0 Å². The Kier molecular flexibility index (Phi) is 4.93. The van der Waals surface area contributed by atoms with Gasteiger partial charge in [0.15, 0.2) is 0 Å². The third-order valence-corrected chi connectivity index (χ3v) is 2.96. The summed E-state index contributed by atoms with van der Waals surface area (Å²) in [5.41, 5.74) is 0. The Hall–Kier alpha value is -0.480. The maximum Gasteiger partial charge on any atom is 0.0576 e. The summed E-state index contributed by atoms with van der Waals surface area (Å²) >= 11 is 0. The van der Waals surface area contributed by atoms with Gasteiger partial charge < -0.3 is 5.32 Å². The summed E-state index contributed by atoms with van der Waals surface area (Å²) in [6.45, 7) is 6.29. The second kappa shape index (κ2) is 6.05. The molecule has 0 bridgehead atoms. The smallest absolute Gasteiger partial charge is 0.0576 e. The summed E-state index contributed by atoms with van der Waals surface area (Å²) in [6.07, 6.45) is 5.67. The molecule has 0 radical (unpaired) electrons. The van der Waals surface area contributed by atoms with Gasteiger partial charge in [-0.2, -0.15) is 0 Å². The molecule has 1 aliphatic rings. The fourth-order valence-electron chi connectivity index (χ4n) is 1.96. The molecule has 0 aliphatic heterocycles. The van der Waals surface area contributed by atoms with E-state index in [0.717, 1.165) is 18.4 Å². The van der Waals surface area contributed by atoms with Gasteiger partial charge in [-0.3, -0.25) is 0 Å². The lowest BCUT2D eigenvalue weighted by Gasteiger charge is -2.25. The number of rotatable bonds is 3. The second-order valence-corrected chi connectivity index (χ2v) is 4.18. The minimum atomic E-state index is 0.864. The zero-order valence-electron chi connectivity index (χ0n) is 8.90. The standard InChI is InChI=1S/C12H21N/c1-3-4-9-13-10-12-7-5-11(2)6-8-12/h11-13H,5-10H2,1-2H3. The van der Waals surface area contributed by atoms with Crippen molar-refractivity contribution in [3.05, 3.63) is 0 Å². The molecule has 0 unspecified atom stereocenters. The molecule has 1 heteroatoms. The first-order valence-corrected chi connectivity index (χ1v) is 5.43. The number of nitrogens with one attached hydrogen (secondary N) is 1. The Labute approximate surface area is 82.3 Å². The van der Waals surface area contributed by atoms with Crippen LogP contribution in [0.1, 0.15) is 39.5 Å². The highest BCUT2D eigenvalue weighted by Gasteiger charge is 2.17. The van der Waals surface area contributed by atoms with E-state index in [4.69, 9.17) is 0 Å².